The van der Waals surface area contributed by atoms with Crippen LogP contribution in [0.3, 0.4) is 0 Å². The van der Waals surface area contributed by atoms with Gasteiger partial charge in [0.25, 0.3) is 0 Å². The molecule has 0 saturated heterocycles. The molecule has 1 heterocycles. The number of aromatic nitrogens is 1. The number of pyridine rings is 1. The minimum atomic E-state index is 0.423. The van der Waals surface area contributed by atoms with Crippen LogP contribution in [0.5, 0.6) is 0 Å². The summed E-state index contributed by atoms with van der Waals surface area (Å²) in [5.41, 5.74) is 1.03. The minimum Gasteiger partial charge on any atom is -0.372 e. The Morgan fingerprint density at radius 1 is 1.28 bits per heavy atom. The molecule has 1 aromatic heterocycles. The van der Waals surface area contributed by atoms with Gasteiger partial charge in [0.2, 0.25) is 0 Å². The largest absolute Gasteiger partial charge is 0.372 e. The minimum absolute atomic E-state index is 0.423. The summed E-state index contributed by atoms with van der Waals surface area (Å²) in [7, 11) is 0. The van der Waals surface area contributed by atoms with E-state index in [0.29, 0.717) is 18.8 Å². The lowest BCUT2D eigenvalue weighted by Gasteiger charge is -2.29. The lowest BCUT2D eigenvalue weighted by molar-refractivity contribution is 0.00984. The van der Waals surface area contributed by atoms with E-state index in [1.54, 1.807) is 0 Å². The van der Waals surface area contributed by atoms with Crippen LogP contribution in [-0.2, 0) is 11.3 Å². The van der Waals surface area contributed by atoms with Gasteiger partial charge in [0.05, 0.1) is 18.4 Å². The summed E-state index contributed by atoms with van der Waals surface area (Å²) in [6.07, 6.45) is 8.30. The van der Waals surface area contributed by atoms with E-state index in [9.17, 15) is 0 Å². The van der Waals surface area contributed by atoms with Crippen LogP contribution < -0.4 is 5.32 Å². The molecule has 0 aromatic carbocycles. The van der Waals surface area contributed by atoms with Crippen LogP contribution in [0.2, 0.25) is 0 Å². The van der Waals surface area contributed by atoms with Gasteiger partial charge in [-0.2, -0.15) is 0 Å². The second kappa shape index (κ2) is 7.49. The molecule has 1 aliphatic rings. The van der Waals surface area contributed by atoms with Gasteiger partial charge in [0.1, 0.15) is 0 Å². The number of nitrogens with one attached hydrogen (secondary N) is 1. The zero-order valence-corrected chi connectivity index (χ0v) is 11.3. The summed E-state index contributed by atoms with van der Waals surface area (Å²) in [5.74, 6) is 0. The molecule has 3 nitrogen and oxygen atoms in total. The van der Waals surface area contributed by atoms with Gasteiger partial charge in [-0.25, -0.2) is 0 Å². The summed E-state index contributed by atoms with van der Waals surface area (Å²) in [5, 5.41) is 3.60. The van der Waals surface area contributed by atoms with E-state index in [1.807, 2.05) is 24.4 Å². The van der Waals surface area contributed by atoms with Crippen molar-refractivity contribution in [2.75, 3.05) is 6.54 Å². The summed E-state index contributed by atoms with van der Waals surface area (Å²) < 4.78 is 5.93. The Morgan fingerprint density at radius 3 is 2.78 bits per heavy atom. The SMILES string of the molecule is CCCNC1CCC(OCc2ccccn2)CC1. The van der Waals surface area contributed by atoms with Crippen LogP contribution in [-0.4, -0.2) is 23.7 Å². The van der Waals surface area contributed by atoms with Crippen LogP contribution in [0.1, 0.15) is 44.7 Å². The highest BCUT2D eigenvalue weighted by atomic mass is 16.5. The van der Waals surface area contributed by atoms with Gasteiger partial charge in [0, 0.05) is 12.2 Å². The fraction of sp³-hybridized carbons (Fsp3) is 0.667. The van der Waals surface area contributed by atoms with E-state index >= 15 is 0 Å². The van der Waals surface area contributed by atoms with Crippen molar-refractivity contribution < 1.29 is 4.74 Å². The molecular weight excluding hydrogens is 224 g/mol. The Labute approximate surface area is 110 Å². The molecule has 1 saturated carbocycles. The number of hydrogen-bond acceptors (Lipinski definition) is 3. The first-order valence-electron chi connectivity index (χ1n) is 7.13. The predicted octanol–water partition coefficient (Wildman–Crippen LogP) is 2.91. The zero-order chi connectivity index (χ0) is 12.6. The lowest BCUT2D eigenvalue weighted by Crippen LogP contribution is -2.35. The molecule has 18 heavy (non-hydrogen) atoms. The smallest absolute Gasteiger partial charge is 0.0891 e. The molecule has 100 valence electrons. The van der Waals surface area contributed by atoms with Gasteiger partial charge in [0.15, 0.2) is 0 Å². The van der Waals surface area contributed by atoms with Crippen LogP contribution in [0.15, 0.2) is 24.4 Å². The average Bonchev–Trinajstić information content (AvgIpc) is 2.45. The van der Waals surface area contributed by atoms with Gasteiger partial charge >= 0.3 is 0 Å². The molecule has 0 radical (unpaired) electrons. The van der Waals surface area contributed by atoms with Crippen molar-refractivity contribution in [2.45, 2.75) is 57.8 Å². The molecule has 1 N–H and O–H groups in total. The Kier molecular flexibility index (Phi) is 5.62. The van der Waals surface area contributed by atoms with E-state index < -0.39 is 0 Å². The molecule has 0 amide bonds. The number of nitrogens with zero attached hydrogens (tertiary/aromatic N) is 1. The molecule has 3 heteroatoms. The molecule has 0 spiro atoms. The van der Waals surface area contributed by atoms with Crippen molar-refractivity contribution in [3.63, 3.8) is 0 Å². The molecular formula is C15H24N2O. The first-order chi connectivity index (χ1) is 8.88. The van der Waals surface area contributed by atoms with Crippen LogP contribution in [0.4, 0.5) is 0 Å². The summed E-state index contributed by atoms with van der Waals surface area (Å²) in [6.45, 7) is 4.01. The fourth-order valence-electron chi connectivity index (χ4n) is 2.47. The quantitative estimate of drug-likeness (QED) is 0.840. The Morgan fingerprint density at radius 2 is 2.11 bits per heavy atom. The van der Waals surface area contributed by atoms with Gasteiger partial charge in [-0.15, -0.1) is 0 Å². The highest BCUT2D eigenvalue weighted by Crippen LogP contribution is 2.22. The van der Waals surface area contributed by atoms with Gasteiger partial charge in [-0.05, 0) is 50.8 Å². The normalized spacial score (nSPS) is 24.1. The zero-order valence-electron chi connectivity index (χ0n) is 11.3. The van der Waals surface area contributed by atoms with E-state index in [1.165, 1.54) is 32.1 Å². The summed E-state index contributed by atoms with van der Waals surface area (Å²) in [4.78, 5) is 4.28. The van der Waals surface area contributed by atoms with E-state index in [-0.39, 0.29) is 0 Å². The lowest BCUT2D eigenvalue weighted by atomic mass is 9.93. The molecule has 1 fully saturated rings. The average molecular weight is 248 g/mol. The molecule has 1 aromatic rings. The van der Waals surface area contributed by atoms with Crippen molar-refractivity contribution in [3.05, 3.63) is 30.1 Å². The van der Waals surface area contributed by atoms with E-state index in [0.717, 1.165) is 12.2 Å². The highest BCUT2D eigenvalue weighted by molar-refractivity contribution is 5.02. The maximum atomic E-state index is 5.93. The Balaban J connectivity index is 1.65. The van der Waals surface area contributed by atoms with Crippen LogP contribution >= 0.6 is 0 Å². The number of hydrogen-bond donors (Lipinski definition) is 1. The number of ether oxygens (including phenoxy) is 1. The molecule has 0 bridgehead atoms. The third-order valence-electron chi connectivity index (χ3n) is 3.55. The van der Waals surface area contributed by atoms with Crippen molar-refractivity contribution in [1.82, 2.24) is 10.3 Å². The maximum Gasteiger partial charge on any atom is 0.0891 e. The molecule has 0 unspecified atom stereocenters. The van der Waals surface area contributed by atoms with Crippen LogP contribution in [0, 0.1) is 0 Å². The highest BCUT2D eigenvalue weighted by Gasteiger charge is 2.20. The van der Waals surface area contributed by atoms with E-state index in [2.05, 4.69) is 17.2 Å². The van der Waals surface area contributed by atoms with Gasteiger partial charge in [-0.3, -0.25) is 4.98 Å². The monoisotopic (exact) mass is 248 g/mol. The number of rotatable bonds is 6. The van der Waals surface area contributed by atoms with Gasteiger partial charge in [-0.1, -0.05) is 13.0 Å². The fourth-order valence-corrected chi connectivity index (χ4v) is 2.47. The molecule has 0 atom stereocenters. The second-order valence-corrected chi connectivity index (χ2v) is 5.06. The predicted molar refractivity (Wildman–Crippen MR) is 73.4 cm³/mol. The van der Waals surface area contributed by atoms with Crippen molar-refractivity contribution in [3.8, 4) is 0 Å². The van der Waals surface area contributed by atoms with Gasteiger partial charge < -0.3 is 10.1 Å². The topological polar surface area (TPSA) is 34.1 Å². The van der Waals surface area contributed by atoms with E-state index in [4.69, 9.17) is 4.74 Å². The van der Waals surface area contributed by atoms with Crippen molar-refractivity contribution in [2.24, 2.45) is 0 Å². The molecule has 1 aliphatic carbocycles. The third-order valence-corrected chi connectivity index (χ3v) is 3.55. The second-order valence-electron chi connectivity index (χ2n) is 5.06. The summed E-state index contributed by atoms with van der Waals surface area (Å²) >= 11 is 0. The Hall–Kier alpha value is -0.930. The maximum absolute atomic E-state index is 5.93. The first kappa shape index (κ1) is 13.5. The van der Waals surface area contributed by atoms with Crippen LogP contribution in [0.25, 0.3) is 0 Å². The standard InChI is InChI=1S/C15H24N2O/c1-2-10-16-13-6-8-15(9-7-13)18-12-14-5-3-4-11-17-14/h3-5,11,13,15-16H,2,6-10,12H2,1H3. The van der Waals surface area contributed by atoms with Crippen molar-refractivity contribution in [1.29, 1.82) is 0 Å². The summed E-state index contributed by atoms with van der Waals surface area (Å²) in [6, 6.07) is 6.68. The van der Waals surface area contributed by atoms with Crippen molar-refractivity contribution >= 4 is 0 Å². The molecule has 2 rings (SSSR count). The Bertz CT molecular complexity index is 321. The third kappa shape index (κ3) is 4.39. The first-order valence-corrected chi connectivity index (χ1v) is 7.13. The molecule has 0 aliphatic heterocycles.